The predicted molar refractivity (Wildman–Crippen MR) is 104 cm³/mol. The van der Waals surface area contributed by atoms with Crippen molar-refractivity contribution in [3.8, 4) is 0 Å². The van der Waals surface area contributed by atoms with Crippen LogP contribution in [0.3, 0.4) is 0 Å². The van der Waals surface area contributed by atoms with E-state index in [0.29, 0.717) is 12.1 Å². The zero-order valence-electron chi connectivity index (χ0n) is 16.6. The molecule has 0 aromatic carbocycles. The van der Waals surface area contributed by atoms with E-state index in [1.165, 1.54) is 31.2 Å². The van der Waals surface area contributed by atoms with E-state index in [1.807, 2.05) is 20.0 Å². The van der Waals surface area contributed by atoms with Crippen molar-refractivity contribution in [1.82, 2.24) is 9.78 Å². The van der Waals surface area contributed by atoms with Crippen LogP contribution < -0.4 is 0 Å². The number of hydrogen-bond acceptors (Lipinski definition) is 2. The summed E-state index contributed by atoms with van der Waals surface area (Å²) in [6.45, 7) is 15.4. The van der Waals surface area contributed by atoms with Crippen LogP contribution in [0.1, 0.15) is 78.8 Å². The number of hydrogen-bond donors (Lipinski definition) is 0. The molecule has 136 valence electrons. The van der Waals surface area contributed by atoms with Gasteiger partial charge in [-0.05, 0) is 50.2 Å². The molecular formula is C19H38N2OS. The van der Waals surface area contributed by atoms with Gasteiger partial charge < -0.3 is 4.18 Å². The maximum atomic E-state index is 6.64. The Kier molecular flexibility index (Phi) is 7.66. The van der Waals surface area contributed by atoms with Crippen molar-refractivity contribution in [2.45, 2.75) is 91.0 Å². The molecule has 3 nitrogen and oxygen atoms in total. The smallest absolute Gasteiger partial charge is 0.0702 e. The van der Waals surface area contributed by atoms with Crippen LogP contribution in [0.2, 0.25) is 0 Å². The summed E-state index contributed by atoms with van der Waals surface area (Å²) in [5.74, 6) is 1.15. The van der Waals surface area contributed by atoms with Gasteiger partial charge >= 0.3 is 0 Å². The molecule has 1 saturated carbocycles. The molecule has 1 aliphatic carbocycles. The highest BCUT2D eigenvalue weighted by molar-refractivity contribution is 8.30. The number of nitrogens with zero attached hydrogens (tertiary/aromatic N) is 2. The predicted octanol–water partition coefficient (Wildman–Crippen LogP) is 5.89. The molecule has 0 aliphatic heterocycles. The highest BCUT2D eigenvalue weighted by Gasteiger charge is 2.35. The lowest BCUT2D eigenvalue weighted by atomic mass is 9.93. The summed E-state index contributed by atoms with van der Waals surface area (Å²) < 4.78 is 9.05. The SMILES string of the molecule is CC.CCS(C)(OC1CCC(n2cc(C)cn2)CC1)C(C)(C)C. The van der Waals surface area contributed by atoms with Gasteiger partial charge in [-0.2, -0.15) is 5.10 Å². The summed E-state index contributed by atoms with van der Waals surface area (Å²) in [6, 6.07) is 0.566. The third-order valence-corrected chi connectivity index (χ3v) is 9.33. The topological polar surface area (TPSA) is 27.1 Å². The van der Waals surface area contributed by atoms with Crippen molar-refractivity contribution in [3.05, 3.63) is 18.0 Å². The van der Waals surface area contributed by atoms with E-state index >= 15 is 0 Å². The number of aromatic nitrogens is 2. The molecular weight excluding hydrogens is 304 g/mol. The molecule has 23 heavy (non-hydrogen) atoms. The normalized spacial score (nSPS) is 25.9. The van der Waals surface area contributed by atoms with Crippen molar-refractivity contribution in [1.29, 1.82) is 0 Å². The molecule has 1 unspecified atom stereocenters. The summed E-state index contributed by atoms with van der Waals surface area (Å²) in [4.78, 5) is 0. The van der Waals surface area contributed by atoms with Gasteiger partial charge in [0.15, 0.2) is 0 Å². The zero-order chi connectivity index (χ0) is 17.7. The summed E-state index contributed by atoms with van der Waals surface area (Å²) in [7, 11) is -0.993. The minimum Gasteiger partial charge on any atom is -0.333 e. The van der Waals surface area contributed by atoms with Crippen LogP contribution in [0.15, 0.2) is 12.4 Å². The first-order chi connectivity index (χ1) is 10.7. The molecule has 4 heteroatoms. The van der Waals surface area contributed by atoms with E-state index < -0.39 is 10.3 Å². The maximum absolute atomic E-state index is 6.64. The average molecular weight is 343 g/mol. The minimum atomic E-state index is -0.993. The molecule has 1 atom stereocenters. The van der Waals surface area contributed by atoms with Crippen molar-refractivity contribution in [2.75, 3.05) is 12.0 Å². The van der Waals surface area contributed by atoms with Gasteiger partial charge in [0.2, 0.25) is 0 Å². The molecule has 0 amide bonds. The van der Waals surface area contributed by atoms with Crippen LogP contribution >= 0.6 is 10.3 Å². The Bertz CT molecular complexity index is 458. The molecule has 2 rings (SSSR count). The Morgan fingerprint density at radius 3 is 2.17 bits per heavy atom. The van der Waals surface area contributed by atoms with Gasteiger partial charge in [-0.3, -0.25) is 4.68 Å². The summed E-state index contributed by atoms with van der Waals surface area (Å²) >= 11 is 0. The monoisotopic (exact) mass is 342 g/mol. The van der Waals surface area contributed by atoms with Crippen LogP contribution in [0.4, 0.5) is 0 Å². The van der Waals surface area contributed by atoms with Gasteiger partial charge in [-0.1, -0.05) is 41.5 Å². The Labute approximate surface area is 145 Å². The highest BCUT2D eigenvalue weighted by Crippen LogP contribution is 2.58. The fourth-order valence-electron chi connectivity index (χ4n) is 2.98. The highest BCUT2D eigenvalue weighted by atomic mass is 32.3. The third kappa shape index (κ3) is 5.25. The molecule has 0 N–H and O–H groups in total. The second kappa shape index (κ2) is 8.57. The Morgan fingerprint density at radius 1 is 1.22 bits per heavy atom. The Balaban J connectivity index is 0.00000127. The molecule has 1 aromatic heterocycles. The fraction of sp³-hybridized carbons (Fsp3) is 0.842. The van der Waals surface area contributed by atoms with Crippen LogP contribution in [0.25, 0.3) is 0 Å². The van der Waals surface area contributed by atoms with Crippen molar-refractivity contribution < 1.29 is 4.18 Å². The van der Waals surface area contributed by atoms with E-state index in [9.17, 15) is 0 Å². The van der Waals surface area contributed by atoms with Crippen LogP contribution in [-0.4, -0.2) is 32.6 Å². The first kappa shape index (κ1) is 20.6. The molecule has 0 radical (unpaired) electrons. The lowest BCUT2D eigenvalue weighted by molar-refractivity contribution is 0.143. The third-order valence-electron chi connectivity index (χ3n) is 4.94. The van der Waals surface area contributed by atoms with Gasteiger partial charge in [-0.15, -0.1) is 10.3 Å². The molecule has 0 spiro atoms. The molecule has 1 aromatic rings. The fourth-order valence-corrected chi connectivity index (χ4v) is 5.07. The van der Waals surface area contributed by atoms with Crippen LogP contribution in [0, 0.1) is 6.92 Å². The van der Waals surface area contributed by atoms with E-state index in [-0.39, 0.29) is 4.75 Å². The van der Waals surface area contributed by atoms with Gasteiger partial charge in [0.05, 0.1) is 18.3 Å². The average Bonchev–Trinajstić information content (AvgIpc) is 2.95. The van der Waals surface area contributed by atoms with Gasteiger partial charge in [0.1, 0.15) is 0 Å². The quantitative estimate of drug-likeness (QED) is 0.682. The maximum Gasteiger partial charge on any atom is 0.0702 e. The molecule has 1 heterocycles. The minimum absolute atomic E-state index is 0.262. The van der Waals surface area contributed by atoms with Gasteiger partial charge in [0.25, 0.3) is 0 Å². The van der Waals surface area contributed by atoms with Crippen LogP contribution in [0.5, 0.6) is 0 Å². The van der Waals surface area contributed by atoms with Gasteiger partial charge in [0, 0.05) is 10.9 Å². The van der Waals surface area contributed by atoms with E-state index in [4.69, 9.17) is 4.18 Å². The summed E-state index contributed by atoms with van der Waals surface area (Å²) in [6.07, 6.45) is 11.6. The van der Waals surface area contributed by atoms with Gasteiger partial charge in [-0.25, -0.2) is 0 Å². The van der Waals surface area contributed by atoms with Crippen LogP contribution in [-0.2, 0) is 4.18 Å². The second-order valence-corrected chi connectivity index (χ2v) is 11.4. The van der Waals surface area contributed by atoms with Crippen molar-refractivity contribution in [3.63, 3.8) is 0 Å². The van der Waals surface area contributed by atoms with Crippen molar-refractivity contribution in [2.24, 2.45) is 0 Å². The van der Waals surface area contributed by atoms with E-state index in [0.717, 1.165) is 5.75 Å². The van der Waals surface area contributed by atoms with E-state index in [1.54, 1.807) is 0 Å². The number of rotatable bonds is 4. The Morgan fingerprint density at radius 2 is 1.78 bits per heavy atom. The largest absolute Gasteiger partial charge is 0.333 e. The summed E-state index contributed by atoms with van der Waals surface area (Å²) in [5.41, 5.74) is 1.25. The second-order valence-electron chi connectivity index (χ2n) is 7.43. The molecule has 1 aliphatic rings. The standard InChI is InChI=1S/C17H32N2OS.C2H6/c1-7-21(6,17(3,4)5)20-16-10-8-15(9-11-16)19-13-14(2)12-18-19;1-2/h12-13,15-16H,7-11H2,1-6H3;1-2H3. The molecule has 0 saturated heterocycles. The van der Waals surface area contributed by atoms with E-state index in [2.05, 4.69) is 56.9 Å². The first-order valence-corrected chi connectivity index (χ1v) is 11.3. The lowest BCUT2D eigenvalue weighted by Gasteiger charge is -2.49. The lowest BCUT2D eigenvalue weighted by Crippen LogP contribution is -2.33. The molecule has 0 bridgehead atoms. The van der Waals surface area contributed by atoms with Crippen molar-refractivity contribution >= 4 is 10.3 Å². The zero-order valence-corrected chi connectivity index (χ0v) is 17.4. The first-order valence-electron chi connectivity index (χ1n) is 9.20. The molecule has 1 fully saturated rings. The summed E-state index contributed by atoms with van der Waals surface area (Å²) in [5, 5.41) is 4.48. The number of aryl methyl sites for hydroxylation is 1. The Hall–Kier alpha value is -0.480.